The van der Waals surface area contributed by atoms with Crippen LogP contribution in [0.5, 0.6) is 0 Å². The average molecular weight is 369 g/mol. The Morgan fingerprint density at radius 2 is 1.70 bits per heavy atom. The summed E-state index contributed by atoms with van der Waals surface area (Å²) in [6.07, 6.45) is 6.31. The maximum absolute atomic E-state index is 12.6. The van der Waals surface area contributed by atoms with Crippen LogP contribution in [-0.2, 0) is 9.63 Å². The zero-order valence-corrected chi connectivity index (χ0v) is 16.3. The second-order valence-electron chi connectivity index (χ2n) is 9.10. The van der Waals surface area contributed by atoms with Crippen molar-refractivity contribution < 1.29 is 19.2 Å². The Morgan fingerprint density at radius 3 is 2.22 bits per heavy atom. The Balaban J connectivity index is 1.38. The summed E-state index contributed by atoms with van der Waals surface area (Å²) in [5, 5.41) is 0.644. The van der Waals surface area contributed by atoms with E-state index < -0.39 is 17.8 Å². The molecule has 2 saturated carbocycles. The van der Waals surface area contributed by atoms with Gasteiger partial charge in [0.15, 0.2) is 0 Å². The quantitative estimate of drug-likeness (QED) is 0.739. The molecule has 5 nitrogen and oxygen atoms in total. The summed E-state index contributed by atoms with van der Waals surface area (Å²) in [4.78, 5) is 42.7. The molecule has 27 heavy (non-hydrogen) atoms. The third-order valence-electron chi connectivity index (χ3n) is 7.41. The van der Waals surface area contributed by atoms with Gasteiger partial charge < -0.3 is 4.84 Å². The van der Waals surface area contributed by atoms with Crippen LogP contribution in [0, 0.1) is 22.7 Å². The summed E-state index contributed by atoms with van der Waals surface area (Å²) in [6, 6.07) is 6.56. The summed E-state index contributed by atoms with van der Waals surface area (Å²) in [5.74, 6) is -1.02. The molecule has 0 N–H and O–H groups in total. The fourth-order valence-electron chi connectivity index (χ4n) is 4.90. The molecule has 4 rings (SSSR count). The molecule has 0 aromatic heterocycles. The predicted molar refractivity (Wildman–Crippen MR) is 99.6 cm³/mol. The molecule has 1 heterocycles. The number of benzene rings is 1. The molecule has 1 spiro atoms. The molecule has 2 fully saturated rings. The van der Waals surface area contributed by atoms with E-state index in [9.17, 15) is 14.4 Å². The lowest BCUT2D eigenvalue weighted by Gasteiger charge is -2.39. The van der Waals surface area contributed by atoms with Crippen LogP contribution in [0.25, 0.3) is 0 Å². The van der Waals surface area contributed by atoms with Crippen molar-refractivity contribution in [3.8, 4) is 0 Å². The minimum Gasteiger partial charge on any atom is -0.329 e. The molecule has 1 aromatic rings. The van der Waals surface area contributed by atoms with E-state index in [0.29, 0.717) is 27.5 Å². The Bertz CT molecular complexity index is 769. The third-order valence-corrected chi connectivity index (χ3v) is 7.41. The van der Waals surface area contributed by atoms with Gasteiger partial charge in [-0.05, 0) is 61.0 Å². The third kappa shape index (κ3) is 2.88. The molecule has 144 valence electrons. The number of carbonyl (C=O) groups is 3. The largest absolute Gasteiger partial charge is 0.336 e. The molecule has 1 unspecified atom stereocenters. The van der Waals surface area contributed by atoms with Crippen molar-refractivity contribution in [2.45, 2.75) is 59.3 Å². The summed E-state index contributed by atoms with van der Waals surface area (Å²) >= 11 is 0. The van der Waals surface area contributed by atoms with E-state index in [0.717, 1.165) is 38.5 Å². The van der Waals surface area contributed by atoms with Crippen LogP contribution < -0.4 is 0 Å². The van der Waals surface area contributed by atoms with Crippen LogP contribution in [0.1, 0.15) is 80.0 Å². The second kappa shape index (κ2) is 6.18. The number of hydrogen-bond acceptors (Lipinski definition) is 4. The lowest BCUT2D eigenvalue weighted by Crippen LogP contribution is -2.34. The van der Waals surface area contributed by atoms with Crippen LogP contribution in [0.4, 0.5) is 0 Å². The van der Waals surface area contributed by atoms with Gasteiger partial charge >= 0.3 is 5.97 Å². The monoisotopic (exact) mass is 369 g/mol. The van der Waals surface area contributed by atoms with Crippen molar-refractivity contribution in [3.63, 3.8) is 0 Å². The highest BCUT2D eigenvalue weighted by Gasteiger charge is 2.61. The van der Waals surface area contributed by atoms with Gasteiger partial charge in [0, 0.05) is 0 Å². The number of hydroxylamine groups is 2. The lowest BCUT2D eigenvalue weighted by molar-refractivity contribution is -0.171. The van der Waals surface area contributed by atoms with E-state index in [4.69, 9.17) is 4.84 Å². The van der Waals surface area contributed by atoms with Gasteiger partial charge in [-0.3, -0.25) is 9.59 Å². The first-order valence-corrected chi connectivity index (χ1v) is 9.99. The van der Waals surface area contributed by atoms with Crippen molar-refractivity contribution >= 4 is 17.8 Å². The molecule has 2 amide bonds. The second-order valence-corrected chi connectivity index (χ2v) is 9.10. The van der Waals surface area contributed by atoms with Gasteiger partial charge in [0.2, 0.25) is 0 Å². The number of amides is 2. The smallest absolute Gasteiger partial charge is 0.329 e. The van der Waals surface area contributed by atoms with Crippen molar-refractivity contribution in [2.75, 3.05) is 0 Å². The number of hydrogen-bond donors (Lipinski definition) is 0. The fourth-order valence-corrected chi connectivity index (χ4v) is 4.90. The molecular formula is C22H27NO4. The molecule has 1 atom stereocenters. The number of rotatable bonds is 4. The summed E-state index contributed by atoms with van der Waals surface area (Å²) < 4.78 is 0. The van der Waals surface area contributed by atoms with Gasteiger partial charge in [-0.25, -0.2) is 4.79 Å². The van der Waals surface area contributed by atoms with Crippen LogP contribution >= 0.6 is 0 Å². The van der Waals surface area contributed by atoms with Crippen LogP contribution in [0.2, 0.25) is 0 Å². The Hall–Kier alpha value is -2.17. The van der Waals surface area contributed by atoms with Crippen molar-refractivity contribution in [3.05, 3.63) is 35.4 Å². The Kier molecular flexibility index (Phi) is 4.17. The highest BCUT2D eigenvalue weighted by atomic mass is 16.7. The molecule has 5 heteroatoms. The molecule has 0 radical (unpaired) electrons. The van der Waals surface area contributed by atoms with Gasteiger partial charge in [0.1, 0.15) is 0 Å². The van der Waals surface area contributed by atoms with E-state index >= 15 is 0 Å². The average Bonchev–Trinajstić information content (AvgIpc) is 3.32. The number of nitrogens with zero attached hydrogens (tertiary/aromatic N) is 1. The van der Waals surface area contributed by atoms with Gasteiger partial charge in [0.05, 0.1) is 17.0 Å². The number of fused-ring (bicyclic) bond motifs is 1. The Morgan fingerprint density at radius 1 is 1.15 bits per heavy atom. The van der Waals surface area contributed by atoms with Crippen LogP contribution in [0.3, 0.4) is 0 Å². The fraction of sp³-hybridized carbons (Fsp3) is 0.591. The zero-order chi connectivity index (χ0) is 19.4. The molecule has 0 saturated heterocycles. The SMILES string of the molecule is CCC(C)(C)C1CCC2(CC1)CC2C(=O)ON1C(=O)c2ccccc2C1=O. The van der Waals surface area contributed by atoms with E-state index in [-0.39, 0.29) is 11.3 Å². The molecule has 1 aromatic carbocycles. The first kappa shape index (κ1) is 18.2. The van der Waals surface area contributed by atoms with E-state index in [1.54, 1.807) is 24.3 Å². The predicted octanol–water partition coefficient (Wildman–Crippen LogP) is 4.37. The normalized spacial score (nSPS) is 29.8. The maximum Gasteiger partial charge on any atom is 0.336 e. The first-order chi connectivity index (χ1) is 12.8. The summed E-state index contributed by atoms with van der Waals surface area (Å²) in [5.41, 5.74) is 0.953. The minimum atomic E-state index is -0.549. The molecule has 2 aliphatic carbocycles. The van der Waals surface area contributed by atoms with Crippen LogP contribution in [0.15, 0.2) is 24.3 Å². The number of imide groups is 1. The minimum absolute atomic E-state index is 0.0239. The highest BCUT2D eigenvalue weighted by Crippen LogP contribution is 2.64. The van der Waals surface area contributed by atoms with Crippen molar-refractivity contribution in [1.82, 2.24) is 5.06 Å². The molecule has 0 bridgehead atoms. The standard InChI is InChI=1S/C22H27NO4/c1-4-21(2,3)14-9-11-22(12-10-14)13-17(22)20(26)27-23-18(24)15-7-5-6-8-16(15)19(23)25/h5-8,14,17H,4,9-13H2,1-3H3. The first-order valence-electron chi connectivity index (χ1n) is 9.99. The Labute approximate surface area is 160 Å². The lowest BCUT2D eigenvalue weighted by atomic mass is 9.66. The molecular weight excluding hydrogens is 342 g/mol. The summed E-state index contributed by atoms with van der Waals surface area (Å²) in [6.45, 7) is 6.90. The molecule has 1 aliphatic heterocycles. The maximum atomic E-state index is 12.6. The number of carbonyl (C=O) groups excluding carboxylic acids is 3. The zero-order valence-electron chi connectivity index (χ0n) is 16.3. The van der Waals surface area contributed by atoms with Crippen molar-refractivity contribution in [1.29, 1.82) is 0 Å². The van der Waals surface area contributed by atoms with Gasteiger partial charge in [0.25, 0.3) is 11.8 Å². The van der Waals surface area contributed by atoms with Crippen LogP contribution in [-0.4, -0.2) is 22.8 Å². The van der Waals surface area contributed by atoms with Crippen molar-refractivity contribution in [2.24, 2.45) is 22.7 Å². The van der Waals surface area contributed by atoms with E-state index in [1.165, 1.54) is 0 Å². The van der Waals surface area contributed by atoms with E-state index in [2.05, 4.69) is 20.8 Å². The van der Waals surface area contributed by atoms with Gasteiger partial charge in [-0.2, -0.15) is 0 Å². The highest BCUT2D eigenvalue weighted by molar-refractivity contribution is 6.20. The summed E-state index contributed by atoms with van der Waals surface area (Å²) in [7, 11) is 0. The molecule has 3 aliphatic rings. The van der Waals surface area contributed by atoms with Gasteiger partial charge in [-0.1, -0.05) is 44.4 Å². The van der Waals surface area contributed by atoms with E-state index in [1.807, 2.05) is 0 Å². The topological polar surface area (TPSA) is 63.7 Å². The van der Waals surface area contributed by atoms with Gasteiger partial charge in [-0.15, -0.1) is 0 Å².